The molecule has 0 aromatic heterocycles. The molecule has 14 heavy (non-hydrogen) atoms. The number of ether oxygens (including phenoxy) is 2. The Morgan fingerprint density at radius 1 is 1.71 bits per heavy atom. The minimum absolute atomic E-state index is 0.0657. The Labute approximate surface area is 82.8 Å². The average molecular weight is 201 g/mol. The number of hydrogen-bond acceptors (Lipinski definition) is 4. The number of amides is 1. The molecule has 1 aliphatic heterocycles. The Morgan fingerprint density at radius 3 is 3.07 bits per heavy atom. The Balaban J connectivity index is 2.03. The molecule has 1 fully saturated rings. The first-order valence-electron chi connectivity index (χ1n) is 4.66. The summed E-state index contributed by atoms with van der Waals surface area (Å²) in [4.78, 5) is 21.2. The van der Waals surface area contributed by atoms with Gasteiger partial charge in [0.15, 0.2) is 0 Å². The first kappa shape index (κ1) is 11.1. The predicted molar refractivity (Wildman–Crippen MR) is 48.5 cm³/mol. The van der Waals surface area contributed by atoms with Crippen molar-refractivity contribution in [3.63, 3.8) is 0 Å². The summed E-state index contributed by atoms with van der Waals surface area (Å²) in [6, 6.07) is 0. The van der Waals surface area contributed by atoms with Crippen LogP contribution in [-0.2, 0) is 19.1 Å². The Morgan fingerprint density at radius 2 is 2.50 bits per heavy atom. The van der Waals surface area contributed by atoms with Crippen molar-refractivity contribution in [2.75, 3.05) is 19.9 Å². The monoisotopic (exact) mass is 201 g/mol. The predicted octanol–water partition coefficient (Wildman–Crippen LogP) is -0.299. The van der Waals surface area contributed by atoms with E-state index < -0.39 is 0 Å². The molecule has 0 aliphatic carbocycles. The number of carbonyl (C=O) groups is 2. The van der Waals surface area contributed by atoms with Crippen molar-refractivity contribution in [2.24, 2.45) is 5.92 Å². The largest absolute Gasteiger partial charge is 0.355 e. The van der Waals surface area contributed by atoms with Crippen LogP contribution in [0.15, 0.2) is 0 Å². The maximum Gasteiger partial charge on any atom is 0.249 e. The number of nitrogens with one attached hydrogen (secondary N) is 1. The summed E-state index contributed by atoms with van der Waals surface area (Å²) in [5.74, 6) is -0.215. The van der Waals surface area contributed by atoms with Crippen molar-refractivity contribution >= 4 is 12.2 Å². The first-order valence-corrected chi connectivity index (χ1v) is 4.66. The molecular formula is C9H15NO4. The van der Waals surface area contributed by atoms with Crippen molar-refractivity contribution in [3.05, 3.63) is 0 Å². The molecule has 1 aliphatic rings. The zero-order valence-corrected chi connectivity index (χ0v) is 8.19. The normalized spacial score (nSPS) is 23.2. The van der Waals surface area contributed by atoms with Gasteiger partial charge in [0.2, 0.25) is 5.91 Å². The number of rotatable bonds is 6. The van der Waals surface area contributed by atoms with Gasteiger partial charge in [-0.2, -0.15) is 0 Å². The summed E-state index contributed by atoms with van der Waals surface area (Å²) in [5.41, 5.74) is 0. The van der Waals surface area contributed by atoms with Gasteiger partial charge >= 0.3 is 0 Å². The second-order valence-corrected chi connectivity index (χ2v) is 3.34. The topological polar surface area (TPSA) is 64.6 Å². The van der Waals surface area contributed by atoms with E-state index in [1.165, 1.54) is 0 Å². The quantitative estimate of drug-likeness (QED) is 0.364. The van der Waals surface area contributed by atoms with Crippen LogP contribution in [-0.4, -0.2) is 38.2 Å². The molecule has 5 heteroatoms. The first-order chi connectivity index (χ1) is 6.74. The molecule has 1 heterocycles. The molecule has 0 aromatic carbocycles. The molecule has 1 rings (SSSR count). The van der Waals surface area contributed by atoms with Gasteiger partial charge in [0, 0.05) is 18.9 Å². The lowest BCUT2D eigenvalue weighted by Gasteiger charge is -2.10. The van der Waals surface area contributed by atoms with E-state index in [1.807, 2.05) is 0 Å². The molecular weight excluding hydrogens is 186 g/mol. The van der Waals surface area contributed by atoms with Gasteiger partial charge in [0.05, 0.1) is 6.61 Å². The molecule has 5 nitrogen and oxygen atoms in total. The Hall–Kier alpha value is -0.940. The fourth-order valence-corrected chi connectivity index (χ4v) is 1.13. The van der Waals surface area contributed by atoms with Gasteiger partial charge in [0.25, 0.3) is 0 Å². The Bertz CT molecular complexity index is 207. The maximum atomic E-state index is 11.0. The average Bonchev–Trinajstić information content (AvgIpc) is 2.58. The van der Waals surface area contributed by atoms with E-state index >= 15 is 0 Å². The highest BCUT2D eigenvalue weighted by atomic mass is 16.7. The van der Waals surface area contributed by atoms with E-state index in [2.05, 4.69) is 5.32 Å². The fraction of sp³-hybridized carbons (Fsp3) is 0.778. The van der Waals surface area contributed by atoms with Crippen LogP contribution in [0.5, 0.6) is 0 Å². The highest BCUT2D eigenvalue weighted by Gasteiger charge is 2.24. The minimum Gasteiger partial charge on any atom is -0.355 e. The number of carbonyl (C=O) groups excluding carboxylic acids is 2. The smallest absolute Gasteiger partial charge is 0.249 e. The number of hydrogen-bond donors (Lipinski definition) is 1. The van der Waals surface area contributed by atoms with Crippen molar-refractivity contribution in [1.82, 2.24) is 5.32 Å². The fourth-order valence-electron chi connectivity index (χ4n) is 1.13. The molecule has 1 N–H and O–H groups in total. The third kappa shape index (κ3) is 3.43. The van der Waals surface area contributed by atoms with Crippen LogP contribution >= 0.6 is 0 Å². The van der Waals surface area contributed by atoms with E-state index in [0.29, 0.717) is 19.6 Å². The second kappa shape index (κ2) is 5.72. The lowest BCUT2D eigenvalue weighted by Crippen LogP contribution is -2.26. The van der Waals surface area contributed by atoms with E-state index in [-0.39, 0.29) is 24.7 Å². The van der Waals surface area contributed by atoms with Crippen LogP contribution in [0.3, 0.4) is 0 Å². The van der Waals surface area contributed by atoms with Crippen LogP contribution in [0, 0.1) is 5.92 Å². The Kier molecular flexibility index (Phi) is 4.55. The van der Waals surface area contributed by atoms with E-state index in [0.717, 1.165) is 6.29 Å². The van der Waals surface area contributed by atoms with Gasteiger partial charge in [-0.25, -0.2) is 0 Å². The van der Waals surface area contributed by atoms with Gasteiger partial charge in [-0.15, -0.1) is 0 Å². The molecule has 2 unspecified atom stereocenters. The highest BCUT2D eigenvalue weighted by Crippen LogP contribution is 2.04. The minimum atomic E-state index is -0.387. The summed E-state index contributed by atoms with van der Waals surface area (Å²) in [6.07, 6.45) is 1.12. The van der Waals surface area contributed by atoms with Gasteiger partial charge in [-0.1, -0.05) is 6.92 Å². The van der Waals surface area contributed by atoms with E-state index in [9.17, 15) is 9.59 Å². The van der Waals surface area contributed by atoms with Crippen molar-refractivity contribution < 1.29 is 19.1 Å². The molecule has 80 valence electrons. The van der Waals surface area contributed by atoms with Crippen LogP contribution in [0.1, 0.15) is 13.3 Å². The SMILES string of the molecule is CC(C=O)COCOC1CCNC1=O. The standard InChI is InChI=1S/C9H15NO4/c1-7(4-11)5-13-6-14-8-2-3-10-9(8)12/h4,7-8H,2-3,5-6H2,1H3,(H,10,12). The summed E-state index contributed by atoms with van der Waals surface area (Å²) >= 11 is 0. The number of aldehydes is 1. The molecule has 2 atom stereocenters. The summed E-state index contributed by atoms with van der Waals surface area (Å²) in [6.45, 7) is 2.82. The zero-order chi connectivity index (χ0) is 10.4. The van der Waals surface area contributed by atoms with Gasteiger partial charge in [-0.05, 0) is 0 Å². The second-order valence-electron chi connectivity index (χ2n) is 3.34. The summed E-state index contributed by atoms with van der Waals surface area (Å²) in [5, 5.41) is 2.65. The van der Waals surface area contributed by atoms with Crippen LogP contribution in [0.4, 0.5) is 0 Å². The van der Waals surface area contributed by atoms with Crippen molar-refractivity contribution in [1.29, 1.82) is 0 Å². The molecule has 1 amide bonds. The zero-order valence-electron chi connectivity index (χ0n) is 8.19. The highest BCUT2D eigenvalue weighted by molar-refractivity contribution is 5.82. The van der Waals surface area contributed by atoms with Crippen molar-refractivity contribution in [3.8, 4) is 0 Å². The molecule has 0 saturated carbocycles. The van der Waals surface area contributed by atoms with E-state index in [1.54, 1.807) is 6.92 Å². The summed E-state index contributed by atoms with van der Waals surface area (Å²) in [7, 11) is 0. The summed E-state index contributed by atoms with van der Waals surface area (Å²) < 4.78 is 10.2. The van der Waals surface area contributed by atoms with Crippen LogP contribution in [0.2, 0.25) is 0 Å². The third-order valence-electron chi connectivity index (χ3n) is 1.96. The molecule has 0 radical (unpaired) electrons. The van der Waals surface area contributed by atoms with Gasteiger partial charge < -0.3 is 19.6 Å². The molecule has 0 spiro atoms. The van der Waals surface area contributed by atoms with Gasteiger partial charge in [0.1, 0.15) is 19.2 Å². The lowest BCUT2D eigenvalue weighted by atomic mass is 10.2. The van der Waals surface area contributed by atoms with Gasteiger partial charge in [-0.3, -0.25) is 4.79 Å². The van der Waals surface area contributed by atoms with Crippen molar-refractivity contribution in [2.45, 2.75) is 19.4 Å². The van der Waals surface area contributed by atoms with Crippen LogP contribution in [0.25, 0.3) is 0 Å². The molecule has 0 bridgehead atoms. The molecule has 1 saturated heterocycles. The molecule has 0 aromatic rings. The van der Waals surface area contributed by atoms with Crippen LogP contribution < -0.4 is 5.32 Å². The third-order valence-corrected chi connectivity index (χ3v) is 1.96. The lowest BCUT2D eigenvalue weighted by molar-refractivity contribution is -0.141. The van der Waals surface area contributed by atoms with E-state index in [4.69, 9.17) is 9.47 Å². The maximum absolute atomic E-state index is 11.0.